The predicted octanol–water partition coefficient (Wildman–Crippen LogP) is 0.0691. The number of nitrogens with one attached hydrogen (secondary N) is 2. The van der Waals surface area contributed by atoms with Crippen molar-refractivity contribution in [3.05, 3.63) is 0 Å². The Morgan fingerprint density at radius 2 is 1.95 bits per heavy atom. The van der Waals surface area contributed by atoms with Crippen molar-refractivity contribution in [2.24, 2.45) is 0 Å². The van der Waals surface area contributed by atoms with E-state index in [1.165, 1.54) is 11.8 Å². The number of carbonyl (C=O) groups excluding carboxylic acids is 1. The van der Waals surface area contributed by atoms with Gasteiger partial charge in [0.15, 0.2) is 0 Å². The van der Waals surface area contributed by atoms with Gasteiger partial charge in [0.05, 0.1) is 11.5 Å². The molecule has 0 aromatic carbocycles. The largest absolute Gasteiger partial charge is 0.480 e. The van der Waals surface area contributed by atoms with Crippen LogP contribution in [0.25, 0.3) is 0 Å². The standard InChI is InChI=1S/C11H20N2O5S2/c1-19-5-2-9(10(14)15)13-11(16)12-8-3-6-20(17,18)7-4-8/h8-9H,2-7H2,1H3,(H,14,15)(H2,12,13,16)/t9-/m1/s1. The molecule has 1 rings (SSSR count). The highest BCUT2D eigenvalue weighted by molar-refractivity contribution is 7.98. The van der Waals surface area contributed by atoms with Gasteiger partial charge in [-0.25, -0.2) is 18.0 Å². The average Bonchev–Trinajstić information content (AvgIpc) is 2.36. The van der Waals surface area contributed by atoms with E-state index in [-0.39, 0.29) is 17.5 Å². The summed E-state index contributed by atoms with van der Waals surface area (Å²) < 4.78 is 22.5. The second-order valence-corrected chi connectivity index (χ2v) is 8.01. The molecule has 7 nitrogen and oxygen atoms in total. The highest BCUT2D eigenvalue weighted by Crippen LogP contribution is 2.12. The maximum absolute atomic E-state index is 11.7. The van der Waals surface area contributed by atoms with E-state index in [2.05, 4.69) is 10.6 Å². The molecule has 0 spiro atoms. The normalized spacial score (nSPS) is 20.1. The summed E-state index contributed by atoms with van der Waals surface area (Å²) in [5.41, 5.74) is 0. The summed E-state index contributed by atoms with van der Waals surface area (Å²) >= 11 is 1.51. The topological polar surface area (TPSA) is 113 Å². The van der Waals surface area contributed by atoms with Crippen LogP contribution in [0.2, 0.25) is 0 Å². The number of carbonyl (C=O) groups is 2. The van der Waals surface area contributed by atoms with Gasteiger partial charge in [-0.2, -0.15) is 11.8 Å². The van der Waals surface area contributed by atoms with Gasteiger partial charge in [-0.1, -0.05) is 0 Å². The van der Waals surface area contributed by atoms with Crippen molar-refractivity contribution in [3.63, 3.8) is 0 Å². The lowest BCUT2D eigenvalue weighted by molar-refractivity contribution is -0.139. The molecule has 0 aromatic rings. The van der Waals surface area contributed by atoms with Gasteiger partial charge >= 0.3 is 12.0 Å². The Kier molecular flexibility index (Phi) is 6.60. The molecule has 2 amide bonds. The smallest absolute Gasteiger partial charge is 0.326 e. The van der Waals surface area contributed by atoms with Crippen LogP contribution in [0.1, 0.15) is 19.3 Å². The molecule has 0 saturated carbocycles. The molecule has 0 bridgehead atoms. The third kappa shape index (κ3) is 6.00. The predicted molar refractivity (Wildman–Crippen MR) is 77.8 cm³/mol. The van der Waals surface area contributed by atoms with Gasteiger partial charge in [-0.3, -0.25) is 0 Å². The Bertz CT molecular complexity index is 438. The third-order valence-electron chi connectivity index (χ3n) is 3.10. The molecule has 1 atom stereocenters. The van der Waals surface area contributed by atoms with E-state index < -0.39 is 27.9 Å². The molecule has 3 N–H and O–H groups in total. The van der Waals surface area contributed by atoms with Crippen LogP contribution in [-0.2, 0) is 14.6 Å². The molecule has 0 aromatic heterocycles. The number of rotatable bonds is 6. The van der Waals surface area contributed by atoms with Crippen molar-refractivity contribution in [2.75, 3.05) is 23.5 Å². The van der Waals surface area contributed by atoms with Crippen LogP contribution in [0.4, 0.5) is 4.79 Å². The minimum atomic E-state index is -2.97. The molecular formula is C11H20N2O5S2. The summed E-state index contributed by atoms with van der Waals surface area (Å²) in [5.74, 6) is -0.307. The number of urea groups is 1. The summed E-state index contributed by atoms with van der Waals surface area (Å²) in [6.07, 6.45) is 2.96. The zero-order valence-electron chi connectivity index (χ0n) is 11.3. The first-order valence-corrected chi connectivity index (χ1v) is 9.55. The van der Waals surface area contributed by atoms with Crippen molar-refractivity contribution < 1.29 is 23.1 Å². The summed E-state index contributed by atoms with van der Waals surface area (Å²) in [6, 6.07) is -1.69. The molecule has 0 radical (unpaired) electrons. The van der Waals surface area contributed by atoms with E-state index in [0.29, 0.717) is 25.0 Å². The lowest BCUT2D eigenvalue weighted by Crippen LogP contribution is -2.50. The van der Waals surface area contributed by atoms with Crippen LogP contribution >= 0.6 is 11.8 Å². The Balaban J connectivity index is 2.40. The third-order valence-corrected chi connectivity index (χ3v) is 5.46. The molecule has 20 heavy (non-hydrogen) atoms. The van der Waals surface area contributed by atoms with E-state index in [0.717, 1.165) is 0 Å². The van der Waals surface area contributed by atoms with E-state index in [9.17, 15) is 18.0 Å². The van der Waals surface area contributed by atoms with E-state index >= 15 is 0 Å². The van der Waals surface area contributed by atoms with Gasteiger partial charge in [0, 0.05) is 6.04 Å². The molecule has 0 aliphatic carbocycles. The molecule has 1 aliphatic rings. The summed E-state index contributed by atoms with van der Waals surface area (Å²) in [6.45, 7) is 0. The Morgan fingerprint density at radius 1 is 1.35 bits per heavy atom. The summed E-state index contributed by atoms with van der Waals surface area (Å²) in [4.78, 5) is 22.7. The van der Waals surface area contributed by atoms with Crippen LogP contribution in [0.3, 0.4) is 0 Å². The van der Waals surface area contributed by atoms with Crippen molar-refractivity contribution in [3.8, 4) is 0 Å². The van der Waals surface area contributed by atoms with E-state index in [4.69, 9.17) is 5.11 Å². The molecule has 0 unspecified atom stereocenters. The molecule has 1 saturated heterocycles. The second kappa shape index (κ2) is 7.72. The van der Waals surface area contributed by atoms with Crippen molar-refractivity contribution >= 4 is 33.6 Å². The number of amides is 2. The van der Waals surface area contributed by atoms with Crippen LogP contribution in [0, 0.1) is 0 Å². The number of aliphatic carboxylic acids is 1. The first-order chi connectivity index (χ1) is 9.34. The lowest BCUT2D eigenvalue weighted by atomic mass is 10.1. The SMILES string of the molecule is CSCC[C@@H](NC(=O)NC1CCS(=O)(=O)CC1)C(=O)O. The molecule has 1 heterocycles. The average molecular weight is 324 g/mol. The first-order valence-electron chi connectivity index (χ1n) is 6.33. The van der Waals surface area contributed by atoms with Gasteiger partial charge in [-0.15, -0.1) is 0 Å². The van der Waals surface area contributed by atoms with E-state index in [1.54, 1.807) is 0 Å². The Labute approximate surface area is 122 Å². The molecule has 116 valence electrons. The second-order valence-electron chi connectivity index (χ2n) is 4.72. The van der Waals surface area contributed by atoms with Crippen LogP contribution < -0.4 is 10.6 Å². The number of thioether (sulfide) groups is 1. The molecule has 1 aliphatic heterocycles. The van der Waals surface area contributed by atoms with Crippen molar-refractivity contribution in [2.45, 2.75) is 31.3 Å². The number of carboxylic acid groups (broad SMARTS) is 1. The maximum atomic E-state index is 11.7. The molecule has 9 heteroatoms. The minimum Gasteiger partial charge on any atom is -0.480 e. The van der Waals surface area contributed by atoms with Crippen molar-refractivity contribution in [1.82, 2.24) is 10.6 Å². The van der Waals surface area contributed by atoms with Gasteiger partial charge in [0.2, 0.25) is 0 Å². The maximum Gasteiger partial charge on any atom is 0.326 e. The first kappa shape index (κ1) is 17.1. The van der Waals surface area contributed by atoms with Crippen molar-refractivity contribution in [1.29, 1.82) is 0 Å². The van der Waals surface area contributed by atoms with E-state index in [1.807, 2.05) is 6.26 Å². The highest BCUT2D eigenvalue weighted by Gasteiger charge is 2.26. The quantitative estimate of drug-likeness (QED) is 0.637. The summed E-state index contributed by atoms with van der Waals surface area (Å²) in [5, 5.41) is 14.0. The van der Waals surface area contributed by atoms with Gasteiger partial charge in [0.1, 0.15) is 15.9 Å². The zero-order valence-corrected chi connectivity index (χ0v) is 12.9. The van der Waals surface area contributed by atoms with Crippen LogP contribution in [-0.4, -0.2) is 61.1 Å². The molecular weight excluding hydrogens is 304 g/mol. The number of hydrogen-bond acceptors (Lipinski definition) is 5. The Hall–Kier alpha value is -0.960. The number of hydrogen-bond donors (Lipinski definition) is 3. The minimum absolute atomic E-state index is 0.0623. The number of sulfone groups is 1. The van der Waals surface area contributed by atoms with Crippen LogP contribution in [0.5, 0.6) is 0 Å². The monoisotopic (exact) mass is 324 g/mol. The fourth-order valence-corrected chi connectivity index (χ4v) is 3.88. The Morgan fingerprint density at radius 3 is 2.45 bits per heavy atom. The van der Waals surface area contributed by atoms with Gasteiger partial charge < -0.3 is 15.7 Å². The zero-order chi connectivity index (χ0) is 15.2. The fraction of sp³-hybridized carbons (Fsp3) is 0.818. The fourth-order valence-electron chi connectivity index (χ4n) is 1.91. The number of carboxylic acids is 1. The van der Waals surface area contributed by atoms with Gasteiger partial charge in [0.25, 0.3) is 0 Å². The summed E-state index contributed by atoms with van der Waals surface area (Å²) in [7, 11) is -2.97. The molecule has 1 fully saturated rings. The van der Waals surface area contributed by atoms with Gasteiger partial charge in [-0.05, 0) is 31.3 Å². The highest BCUT2D eigenvalue weighted by atomic mass is 32.2. The lowest BCUT2D eigenvalue weighted by Gasteiger charge is -2.24. The van der Waals surface area contributed by atoms with Crippen LogP contribution in [0.15, 0.2) is 0 Å².